The molecule has 0 amide bonds. The first-order valence-electron chi connectivity index (χ1n) is 6.80. The molecule has 3 aromatic rings. The van der Waals surface area contributed by atoms with E-state index in [1.807, 2.05) is 36.4 Å². The number of hydrazine groups is 1. The highest BCUT2D eigenvalue weighted by molar-refractivity contribution is 6.31. The van der Waals surface area contributed by atoms with Crippen LogP contribution in [0.25, 0.3) is 22.0 Å². The fraction of sp³-hybridized carbons (Fsp3) is 0.0588. The minimum Gasteiger partial charge on any atom is -0.478 e. The summed E-state index contributed by atoms with van der Waals surface area (Å²) in [7, 11) is 0. The van der Waals surface area contributed by atoms with Crippen LogP contribution in [-0.4, -0.2) is 16.1 Å². The van der Waals surface area contributed by atoms with Crippen molar-refractivity contribution in [3.63, 3.8) is 0 Å². The summed E-state index contributed by atoms with van der Waals surface area (Å²) in [5.74, 6) is 7.01. The van der Waals surface area contributed by atoms with Gasteiger partial charge in [0.25, 0.3) is 0 Å². The molecule has 118 valence electrons. The van der Waals surface area contributed by atoms with Gasteiger partial charge in [-0.15, -0.1) is 0 Å². The SMILES string of the molecule is Cc1nc2ccc(Cl)cc2c(-c2ccccc2)c1C(=O)O.NN. The molecule has 0 saturated carbocycles. The van der Waals surface area contributed by atoms with Gasteiger partial charge in [0, 0.05) is 16.0 Å². The molecule has 0 fully saturated rings. The first-order chi connectivity index (χ1) is 11.1. The van der Waals surface area contributed by atoms with Gasteiger partial charge in [-0.1, -0.05) is 41.9 Å². The molecule has 23 heavy (non-hydrogen) atoms. The van der Waals surface area contributed by atoms with Gasteiger partial charge in [-0.2, -0.15) is 0 Å². The van der Waals surface area contributed by atoms with Crippen molar-refractivity contribution in [1.29, 1.82) is 0 Å². The molecule has 0 aliphatic heterocycles. The maximum Gasteiger partial charge on any atom is 0.338 e. The van der Waals surface area contributed by atoms with Crippen LogP contribution in [0, 0.1) is 6.92 Å². The molecule has 0 bridgehead atoms. The monoisotopic (exact) mass is 329 g/mol. The number of pyridine rings is 1. The van der Waals surface area contributed by atoms with Crippen LogP contribution in [0.1, 0.15) is 16.1 Å². The van der Waals surface area contributed by atoms with E-state index in [4.69, 9.17) is 11.6 Å². The smallest absolute Gasteiger partial charge is 0.338 e. The van der Waals surface area contributed by atoms with Gasteiger partial charge in [0.1, 0.15) is 0 Å². The molecular weight excluding hydrogens is 314 g/mol. The second-order valence-electron chi connectivity index (χ2n) is 4.78. The maximum absolute atomic E-state index is 11.7. The first-order valence-corrected chi connectivity index (χ1v) is 7.17. The van der Waals surface area contributed by atoms with Crippen molar-refractivity contribution in [3.8, 4) is 11.1 Å². The summed E-state index contributed by atoms with van der Waals surface area (Å²) in [4.78, 5) is 16.1. The first kappa shape index (κ1) is 16.9. The van der Waals surface area contributed by atoms with Crippen LogP contribution in [0.5, 0.6) is 0 Å². The Morgan fingerprint density at radius 3 is 2.39 bits per heavy atom. The topological polar surface area (TPSA) is 102 Å². The van der Waals surface area contributed by atoms with E-state index >= 15 is 0 Å². The number of carboxylic acid groups (broad SMARTS) is 1. The van der Waals surface area contributed by atoms with E-state index in [2.05, 4.69) is 16.7 Å². The van der Waals surface area contributed by atoms with Gasteiger partial charge < -0.3 is 5.11 Å². The molecule has 5 nitrogen and oxygen atoms in total. The van der Waals surface area contributed by atoms with Gasteiger partial charge in [-0.05, 0) is 30.7 Å². The van der Waals surface area contributed by atoms with E-state index in [1.165, 1.54) is 0 Å². The van der Waals surface area contributed by atoms with Crippen LogP contribution in [-0.2, 0) is 0 Å². The van der Waals surface area contributed by atoms with Crippen molar-refractivity contribution >= 4 is 28.5 Å². The van der Waals surface area contributed by atoms with Gasteiger partial charge in [-0.3, -0.25) is 16.7 Å². The molecule has 0 spiro atoms. The fourth-order valence-corrected chi connectivity index (χ4v) is 2.70. The summed E-state index contributed by atoms with van der Waals surface area (Å²) in [6.07, 6.45) is 0. The molecular formula is C17H16ClN3O2. The summed E-state index contributed by atoms with van der Waals surface area (Å²) < 4.78 is 0. The largest absolute Gasteiger partial charge is 0.478 e. The van der Waals surface area contributed by atoms with E-state index in [1.54, 1.807) is 19.1 Å². The van der Waals surface area contributed by atoms with Crippen LogP contribution in [0.3, 0.4) is 0 Å². The Morgan fingerprint density at radius 2 is 1.78 bits per heavy atom. The number of aryl methyl sites for hydroxylation is 1. The zero-order valence-electron chi connectivity index (χ0n) is 12.5. The predicted molar refractivity (Wildman–Crippen MR) is 92.3 cm³/mol. The van der Waals surface area contributed by atoms with Crippen molar-refractivity contribution in [1.82, 2.24) is 4.98 Å². The number of hydrogen-bond acceptors (Lipinski definition) is 4. The number of aromatic nitrogens is 1. The lowest BCUT2D eigenvalue weighted by atomic mass is 9.94. The van der Waals surface area contributed by atoms with Gasteiger partial charge in [0.05, 0.1) is 16.8 Å². The highest BCUT2D eigenvalue weighted by Gasteiger charge is 2.19. The Morgan fingerprint density at radius 1 is 1.13 bits per heavy atom. The molecule has 3 rings (SSSR count). The number of fused-ring (bicyclic) bond motifs is 1. The number of benzene rings is 2. The maximum atomic E-state index is 11.7. The van der Waals surface area contributed by atoms with E-state index < -0.39 is 5.97 Å². The van der Waals surface area contributed by atoms with Gasteiger partial charge >= 0.3 is 5.97 Å². The summed E-state index contributed by atoms with van der Waals surface area (Å²) in [6, 6.07) is 14.8. The number of carboxylic acids is 1. The zero-order valence-corrected chi connectivity index (χ0v) is 13.2. The number of hydrogen-bond donors (Lipinski definition) is 3. The Balaban J connectivity index is 0.000000924. The van der Waals surface area contributed by atoms with Crippen LogP contribution in [0.15, 0.2) is 48.5 Å². The van der Waals surface area contributed by atoms with Crippen LogP contribution in [0.2, 0.25) is 5.02 Å². The van der Waals surface area contributed by atoms with Gasteiger partial charge in [0.15, 0.2) is 0 Å². The average Bonchev–Trinajstić information content (AvgIpc) is 2.56. The molecule has 0 aliphatic carbocycles. The predicted octanol–water partition coefficient (Wildman–Crippen LogP) is 3.38. The van der Waals surface area contributed by atoms with Crippen LogP contribution in [0.4, 0.5) is 0 Å². The second kappa shape index (κ2) is 7.19. The number of rotatable bonds is 2. The van der Waals surface area contributed by atoms with Gasteiger partial charge in [-0.25, -0.2) is 4.79 Å². The molecule has 1 heterocycles. The number of aromatic carboxylic acids is 1. The number of halogens is 1. The Labute approximate surface area is 138 Å². The normalized spacial score (nSPS) is 10.1. The molecule has 1 aromatic heterocycles. The Hall–Kier alpha value is -2.47. The number of carbonyl (C=O) groups is 1. The summed E-state index contributed by atoms with van der Waals surface area (Å²) in [5, 5.41) is 10.9. The van der Waals surface area contributed by atoms with E-state index in [9.17, 15) is 9.90 Å². The third kappa shape index (κ3) is 3.32. The van der Waals surface area contributed by atoms with E-state index in [-0.39, 0.29) is 5.56 Å². The van der Waals surface area contributed by atoms with Crippen molar-refractivity contribution < 1.29 is 9.90 Å². The van der Waals surface area contributed by atoms with Crippen molar-refractivity contribution in [2.24, 2.45) is 11.7 Å². The molecule has 5 N–H and O–H groups in total. The average molecular weight is 330 g/mol. The molecule has 6 heteroatoms. The Bertz CT molecular complexity index is 851. The molecule has 0 radical (unpaired) electrons. The molecule has 0 aliphatic rings. The van der Waals surface area contributed by atoms with Gasteiger partial charge in [0.2, 0.25) is 0 Å². The lowest BCUT2D eigenvalue weighted by Crippen LogP contribution is -2.06. The molecule has 0 unspecified atom stereocenters. The lowest BCUT2D eigenvalue weighted by molar-refractivity contribution is 0.0696. The summed E-state index contributed by atoms with van der Waals surface area (Å²) in [5.41, 5.74) is 2.95. The van der Waals surface area contributed by atoms with E-state index in [0.29, 0.717) is 16.3 Å². The third-order valence-electron chi connectivity index (χ3n) is 3.40. The molecule has 2 aromatic carbocycles. The minimum absolute atomic E-state index is 0.218. The highest BCUT2D eigenvalue weighted by Crippen LogP contribution is 2.34. The zero-order chi connectivity index (χ0) is 17.0. The van der Waals surface area contributed by atoms with E-state index in [0.717, 1.165) is 16.5 Å². The quantitative estimate of drug-likeness (QED) is 0.494. The fourth-order valence-electron chi connectivity index (χ4n) is 2.52. The minimum atomic E-state index is -0.985. The third-order valence-corrected chi connectivity index (χ3v) is 3.64. The summed E-state index contributed by atoms with van der Waals surface area (Å²) in [6.45, 7) is 1.71. The number of nitrogens with zero attached hydrogens (tertiary/aromatic N) is 1. The Kier molecular flexibility index (Phi) is 5.28. The summed E-state index contributed by atoms with van der Waals surface area (Å²) >= 11 is 6.07. The van der Waals surface area contributed by atoms with Crippen molar-refractivity contribution in [2.75, 3.05) is 0 Å². The number of nitrogens with two attached hydrogens (primary N) is 2. The van der Waals surface area contributed by atoms with Crippen molar-refractivity contribution in [3.05, 3.63) is 64.8 Å². The van der Waals surface area contributed by atoms with Crippen molar-refractivity contribution in [2.45, 2.75) is 6.92 Å². The molecule has 0 atom stereocenters. The highest BCUT2D eigenvalue weighted by atomic mass is 35.5. The lowest BCUT2D eigenvalue weighted by Gasteiger charge is -2.13. The second-order valence-corrected chi connectivity index (χ2v) is 5.22. The van der Waals surface area contributed by atoms with Crippen LogP contribution < -0.4 is 11.7 Å². The molecule has 0 saturated heterocycles. The standard InChI is InChI=1S/C17H12ClNO2.H4N2/c1-10-15(17(20)21)16(11-5-3-2-4-6-11)13-9-12(18)7-8-14(13)19-10;1-2/h2-9H,1H3,(H,20,21);1-2H2. The van der Waals surface area contributed by atoms with Crippen LogP contribution >= 0.6 is 11.6 Å².